The molecule has 0 spiro atoms. The first-order chi connectivity index (χ1) is 12.5. The Bertz CT molecular complexity index is 815. The fraction of sp³-hybridized carbons (Fsp3) is 0.150. The average Bonchev–Trinajstić information content (AvgIpc) is 2.65. The molecule has 0 heterocycles. The highest BCUT2D eigenvalue weighted by molar-refractivity contribution is 6.42. The van der Waals surface area contributed by atoms with E-state index in [1.54, 1.807) is 37.5 Å². The Morgan fingerprint density at radius 3 is 2.62 bits per heavy atom. The van der Waals surface area contributed by atoms with Gasteiger partial charge in [0.25, 0.3) is 0 Å². The summed E-state index contributed by atoms with van der Waals surface area (Å²) in [5, 5.41) is 0.956. The molecular weight excluding hydrogens is 375 g/mol. The third-order valence-electron chi connectivity index (χ3n) is 3.32. The average molecular weight is 393 g/mol. The van der Waals surface area contributed by atoms with E-state index in [9.17, 15) is 4.79 Å². The summed E-state index contributed by atoms with van der Waals surface area (Å²) < 4.78 is 16.0. The molecule has 0 bridgehead atoms. The van der Waals surface area contributed by atoms with E-state index in [0.29, 0.717) is 28.2 Å². The first kappa shape index (κ1) is 19.9. The second-order valence-corrected chi connectivity index (χ2v) is 6.01. The largest absolute Gasteiger partial charge is 0.493 e. The molecule has 4 nitrogen and oxygen atoms in total. The Balaban J connectivity index is 2.10. The van der Waals surface area contributed by atoms with Gasteiger partial charge in [0, 0.05) is 6.08 Å². The van der Waals surface area contributed by atoms with Crippen LogP contribution in [0, 0.1) is 0 Å². The quantitative estimate of drug-likeness (QED) is 0.346. The van der Waals surface area contributed by atoms with Crippen LogP contribution in [0.4, 0.5) is 0 Å². The first-order valence-electron chi connectivity index (χ1n) is 7.74. The van der Waals surface area contributed by atoms with Crippen molar-refractivity contribution in [2.24, 2.45) is 0 Å². The van der Waals surface area contributed by atoms with E-state index in [1.807, 2.05) is 12.1 Å². The van der Waals surface area contributed by atoms with Crippen LogP contribution in [0.3, 0.4) is 0 Å². The number of hydrogen-bond donors (Lipinski definition) is 0. The maximum Gasteiger partial charge on any atom is 0.331 e. The van der Waals surface area contributed by atoms with Crippen LogP contribution in [0.25, 0.3) is 6.08 Å². The number of carbonyl (C=O) groups excluding carboxylic acids is 1. The minimum Gasteiger partial charge on any atom is -0.493 e. The van der Waals surface area contributed by atoms with Gasteiger partial charge in [-0.05, 0) is 41.5 Å². The van der Waals surface area contributed by atoms with Crippen molar-refractivity contribution in [1.29, 1.82) is 0 Å². The third kappa shape index (κ3) is 5.83. The molecule has 0 unspecified atom stereocenters. The Hall–Kier alpha value is -2.43. The number of methoxy groups -OCH3 is 1. The standard InChI is InChI=1S/C20H18Cl2O4/c1-3-10-25-20(23)9-6-14-5-8-18(24-2)19(12-14)26-13-15-4-7-16(21)17(22)11-15/h3-9,11-12H,1,10,13H2,2H3/b9-6+. The maximum atomic E-state index is 11.5. The molecule has 0 N–H and O–H groups in total. The van der Waals surface area contributed by atoms with Gasteiger partial charge < -0.3 is 14.2 Å². The smallest absolute Gasteiger partial charge is 0.331 e. The zero-order valence-electron chi connectivity index (χ0n) is 14.2. The summed E-state index contributed by atoms with van der Waals surface area (Å²) in [6.45, 7) is 3.95. The van der Waals surface area contributed by atoms with Gasteiger partial charge >= 0.3 is 5.97 Å². The molecule has 26 heavy (non-hydrogen) atoms. The van der Waals surface area contributed by atoms with Crippen molar-refractivity contribution in [3.05, 3.63) is 76.3 Å². The van der Waals surface area contributed by atoms with Crippen LogP contribution < -0.4 is 9.47 Å². The normalized spacial score (nSPS) is 10.6. The molecule has 136 valence electrons. The lowest BCUT2D eigenvalue weighted by atomic mass is 10.2. The van der Waals surface area contributed by atoms with Crippen molar-refractivity contribution in [2.45, 2.75) is 6.61 Å². The van der Waals surface area contributed by atoms with Crippen molar-refractivity contribution in [3.63, 3.8) is 0 Å². The van der Waals surface area contributed by atoms with Crippen LogP contribution in [0.2, 0.25) is 10.0 Å². The molecule has 0 aliphatic heterocycles. The van der Waals surface area contributed by atoms with Crippen LogP contribution in [0.5, 0.6) is 11.5 Å². The van der Waals surface area contributed by atoms with E-state index < -0.39 is 5.97 Å². The maximum absolute atomic E-state index is 11.5. The topological polar surface area (TPSA) is 44.8 Å². The van der Waals surface area contributed by atoms with Gasteiger partial charge in [0.15, 0.2) is 11.5 Å². The van der Waals surface area contributed by atoms with Gasteiger partial charge in [-0.2, -0.15) is 0 Å². The van der Waals surface area contributed by atoms with E-state index in [0.717, 1.165) is 11.1 Å². The van der Waals surface area contributed by atoms with E-state index >= 15 is 0 Å². The molecule has 0 fully saturated rings. The Morgan fingerprint density at radius 2 is 1.92 bits per heavy atom. The fourth-order valence-corrected chi connectivity index (χ4v) is 2.37. The molecule has 0 aromatic heterocycles. The van der Waals surface area contributed by atoms with Gasteiger partial charge in [-0.25, -0.2) is 4.79 Å². The minimum atomic E-state index is -0.445. The van der Waals surface area contributed by atoms with Crippen molar-refractivity contribution in [1.82, 2.24) is 0 Å². The molecule has 0 amide bonds. The lowest BCUT2D eigenvalue weighted by Gasteiger charge is -2.12. The minimum absolute atomic E-state index is 0.170. The van der Waals surface area contributed by atoms with Crippen LogP contribution in [-0.4, -0.2) is 19.7 Å². The van der Waals surface area contributed by atoms with Gasteiger partial charge in [-0.3, -0.25) is 0 Å². The van der Waals surface area contributed by atoms with Crippen molar-refractivity contribution in [2.75, 3.05) is 13.7 Å². The second-order valence-electron chi connectivity index (χ2n) is 5.20. The van der Waals surface area contributed by atoms with Crippen LogP contribution in [-0.2, 0) is 16.1 Å². The predicted molar refractivity (Wildman–Crippen MR) is 104 cm³/mol. The van der Waals surface area contributed by atoms with Gasteiger partial charge in [0.2, 0.25) is 0 Å². The fourth-order valence-electron chi connectivity index (χ4n) is 2.05. The van der Waals surface area contributed by atoms with E-state index in [2.05, 4.69) is 6.58 Å². The number of esters is 1. The predicted octanol–water partition coefficient (Wildman–Crippen LogP) is 5.32. The molecule has 0 saturated heterocycles. The van der Waals surface area contributed by atoms with E-state index in [1.165, 1.54) is 12.2 Å². The lowest BCUT2D eigenvalue weighted by molar-refractivity contribution is -0.136. The summed E-state index contributed by atoms with van der Waals surface area (Å²) >= 11 is 11.9. The highest BCUT2D eigenvalue weighted by atomic mass is 35.5. The van der Waals surface area contributed by atoms with E-state index in [4.69, 9.17) is 37.4 Å². The number of carbonyl (C=O) groups is 1. The number of halogens is 2. The SMILES string of the molecule is C=CCOC(=O)/C=C/c1ccc(OC)c(OCc2ccc(Cl)c(Cl)c2)c1. The van der Waals surface area contributed by atoms with Crippen molar-refractivity contribution >= 4 is 35.2 Å². The van der Waals surface area contributed by atoms with Crippen molar-refractivity contribution < 1.29 is 19.0 Å². The van der Waals surface area contributed by atoms with Gasteiger partial charge in [0.1, 0.15) is 13.2 Å². The van der Waals surface area contributed by atoms with Crippen LogP contribution in [0.1, 0.15) is 11.1 Å². The number of ether oxygens (including phenoxy) is 3. The summed E-state index contributed by atoms with van der Waals surface area (Å²) in [7, 11) is 1.56. The lowest BCUT2D eigenvalue weighted by Crippen LogP contribution is -2.00. The molecule has 2 rings (SSSR count). The Morgan fingerprint density at radius 1 is 1.12 bits per heavy atom. The summed E-state index contributed by atoms with van der Waals surface area (Å²) in [4.78, 5) is 11.5. The molecule has 0 aliphatic carbocycles. The Kier molecular flexibility index (Phi) is 7.57. The zero-order chi connectivity index (χ0) is 18.9. The summed E-state index contributed by atoms with van der Waals surface area (Å²) in [5.41, 5.74) is 1.64. The van der Waals surface area contributed by atoms with Crippen LogP contribution in [0.15, 0.2) is 55.1 Å². The first-order valence-corrected chi connectivity index (χ1v) is 8.49. The number of hydrogen-bond acceptors (Lipinski definition) is 4. The highest BCUT2D eigenvalue weighted by Gasteiger charge is 2.07. The summed E-state index contributed by atoms with van der Waals surface area (Å²) in [5.74, 6) is 0.676. The molecular formula is C20H18Cl2O4. The molecule has 2 aromatic rings. The molecule has 0 radical (unpaired) electrons. The number of benzene rings is 2. The molecule has 0 saturated carbocycles. The summed E-state index contributed by atoms with van der Waals surface area (Å²) in [6, 6.07) is 10.6. The van der Waals surface area contributed by atoms with Gasteiger partial charge in [-0.1, -0.05) is 48.0 Å². The van der Waals surface area contributed by atoms with Gasteiger partial charge in [0.05, 0.1) is 17.2 Å². The van der Waals surface area contributed by atoms with Gasteiger partial charge in [-0.15, -0.1) is 0 Å². The zero-order valence-corrected chi connectivity index (χ0v) is 15.7. The molecule has 0 atom stereocenters. The van der Waals surface area contributed by atoms with E-state index in [-0.39, 0.29) is 6.61 Å². The monoisotopic (exact) mass is 392 g/mol. The second kappa shape index (κ2) is 9.90. The summed E-state index contributed by atoms with van der Waals surface area (Å²) in [6.07, 6.45) is 4.49. The number of rotatable bonds is 8. The Labute approximate surface area is 162 Å². The van der Waals surface area contributed by atoms with Crippen molar-refractivity contribution in [3.8, 4) is 11.5 Å². The third-order valence-corrected chi connectivity index (χ3v) is 4.06. The molecule has 6 heteroatoms. The highest BCUT2D eigenvalue weighted by Crippen LogP contribution is 2.30. The van der Waals surface area contributed by atoms with Crippen LogP contribution >= 0.6 is 23.2 Å². The molecule has 0 aliphatic rings. The molecule has 2 aromatic carbocycles.